The summed E-state index contributed by atoms with van der Waals surface area (Å²) in [6, 6.07) is 9.73. The normalized spacial score (nSPS) is 11.6. The summed E-state index contributed by atoms with van der Waals surface area (Å²) < 4.78 is 50.9. The predicted octanol–water partition coefficient (Wildman–Crippen LogP) is 3.61. The zero-order chi connectivity index (χ0) is 16.2. The summed E-state index contributed by atoms with van der Waals surface area (Å²) in [5.41, 5.74) is 1.18. The first kappa shape index (κ1) is 15.7. The standard InChI is InChI=1S/C15H10F4N2O/c16-13-7-2-1-6-12(13)14(22)21-20-9-10-4-3-5-11(8-10)15(17,18)19/h1-9H,(H,21,22)/b20-9-. The Morgan fingerprint density at radius 1 is 1.09 bits per heavy atom. The molecule has 0 spiro atoms. The minimum absolute atomic E-state index is 0.156. The summed E-state index contributed by atoms with van der Waals surface area (Å²) in [5, 5.41) is 3.52. The fourth-order valence-corrected chi connectivity index (χ4v) is 1.67. The summed E-state index contributed by atoms with van der Waals surface area (Å²) in [6.45, 7) is 0. The predicted molar refractivity (Wildman–Crippen MR) is 72.9 cm³/mol. The monoisotopic (exact) mass is 310 g/mol. The van der Waals surface area contributed by atoms with Gasteiger partial charge in [0.2, 0.25) is 0 Å². The van der Waals surface area contributed by atoms with Crippen molar-refractivity contribution in [3.63, 3.8) is 0 Å². The third kappa shape index (κ3) is 3.91. The van der Waals surface area contributed by atoms with E-state index >= 15 is 0 Å². The van der Waals surface area contributed by atoms with E-state index in [1.807, 2.05) is 0 Å². The van der Waals surface area contributed by atoms with Crippen LogP contribution in [0.25, 0.3) is 0 Å². The highest BCUT2D eigenvalue weighted by atomic mass is 19.4. The molecule has 2 aromatic carbocycles. The van der Waals surface area contributed by atoms with Crippen molar-refractivity contribution in [1.82, 2.24) is 5.43 Å². The molecule has 0 unspecified atom stereocenters. The molecule has 0 bridgehead atoms. The van der Waals surface area contributed by atoms with Crippen LogP contribution in [0.5, 0.6) is 0 Å². The van der Waals surface area contributed by atoms with Crippen LogP contribution >= 0.6 is 0 Å². The third-order valence-corrected chi connectivity index (χ3v) is 2.71. The lowest BCUT2D eigenvalue weighted by atomic mass is 10.1. The maximum absolute atomic E-state index is 13.3. The van der Waals surface area contributed by atoms with Crippen LogP contribution in [0.15, 0.2) is 53.6 Å². The molecule has 22 heavy (non-hydrogen) atoms. The van der Waals surface area contributed by atoms with E-state index in [0.717, 1.165) is 24.4 Å². The highest BCUT2D eigenvalue weighted by Crippen LogP contribution is 2.29. The number of carbonyl (C=O) groups excluding carboxylic acids is 1. The number of alkyl halides is 3. The van der Waals surface area contributed by atoms with Crippen LogP contribution in [0.1, 0.15) is 21.5 Å². The topological polar surface area (TPSA) is 41.5 Å². The van der Waals surface area contributed by atoms with Gasteiger partial charge in [-0.1, -0.05) is 24.3 Å². The number of amides is 1. The van der Waals surface area contributed by atoms with Crippen molar-refractivity contribution < 1.29 is 22.4 Å². The molecule has 0 aliphatic heterocycles. The van der Waals surface area contributed by atoms with Crippen molar-refractivity contribution in [2.45, 2.75) is 6.18 Å². The van der Waals surface area contributed by atoms with Crippen LogP contribution in [-0.2, 0) is 6.18 Å². The highest BCUT2D eigenvalue weighted by Gasteiger charge is 2.30. The number of carbonyl (C=O) groups is 1. The van der Waals surface area contributed by atoms with Gasteiger partial charge in [-0.3, -0.25) is 4.79 Å². The maximum atomic E-state index is 13.3. The molecule has 2 rings (SSSR count). The van der Waals surface area contributed by atoms with Gasteiger partial charge in [0.1, 0.15) is 5.82 Å². The number of halogens is 4. The molecular weight excluding hydrogens is 300 g/mol. The number of benzene rings is 2. The Kier molecular flexibility index (Phi) is 4.55. The number of hydrazone groups is 1. The SMILES string of the molecule is O=C(N/N=C\c1cccc(C(F)(F)F)c1)c1ccccc1F. The third-order valence-electron chi connectivity index (χ3n) is 2.71. The molecule has 0 aromatic heterocycles. The van der Waals surface area contributed by atoms with Gasteiger partial charge in [-0.05, 0) is 29.8 Å². The smallest absolute Gasteiger partial charge is 0.267 e. The van der Waals surface area contributed by atoms with Gasteiger partial charge in [-0.2, -0.15) is 18.3 Å². The zero-order valence-corrected chi connectivity index (χ0v) is 11.1. The van der Waals surface area contributed by atoms with Crippen LogP contribution in [0, 0.1) is 5.82 Å². The van der Waals surface area contributed by atoms with E-state index in [-0.39, 0.29) is 11.1 Å². The minimum atomic E-state index is -4.46. The van der Waals surface area contributed by atoms with E-state index in [2.05, 4.69) is 10.5 Å². The fraction of sp³-hybridized carbons (Fsp3) is 0.0667. The molecule has 0 aliphatic carbocycles. The Morgan fingerprint density at radius 2 is 1.82 bits per heavy atom. The molecule has 7 heteroatoms. The Morgan fingerprint density at radius 3 is 2.50 bits per heavy atom. The molecule has 0 aliphatic rings. The summed E-state index contributed by atoms with van der Waals surface area (Å²) >= 11 is 0. The van der Waals surface area contributed by atoms with E-state index < -0.39 is 23.5 Å². The van der Waals surface area contributed by atoms with E-state index in [4.69, 9.17) is 0 Å². The maximum Gasteiger partial charge on any atom is 0.416 e. The molecule has 114 valence electrons. The van der Waals surface area contributed by atoms with Gasteiger partial charge in [0, 0.05) is 0 Å². The van der Waals surface area contributed by atoms with Crippen molar-refractivity contribution >= 4 is 12.1 Å². The van der Waals surface area contributed by atoms with E-state index in [1.165, 1.54) is 30.3 Å². The fourth-order valence-electron chi connectivity index (χ4n) is 1.67. The largest absolute Gasteiger partial charge is 0.416 e. The lowest BCUT2D eigenvalue weighted by Gasteiger charge is -2.06. The first-order valence-corrected chi connectivity index (χ1v) is 6.13. The molecule has 1 N–H and O–H groups in total. The second-order valence-electron chi connectivity index (χ2n) is 4.30. The van der Waals surface area contributed by atoms with E-state index in [0.29, 0.717) is 0 Å². The molecule has 3 nitrogen and oxygen atoms in total. The van der Waals surface area contributed by atoms with Crippen molar-refractivity contribution in [3.8, 4) is 0 Å². The van der Waals surface area contributed by atoms with Crippen molar-refractivity contribution in [1.29, 1.82) is 0 Å². The van der Waals surface area contributed by atoms with E-state index in [1.54, 1.807) is 0 Å². The van der Waals surface area contributed by atoms with Gasteiger partial charge in [0.25, 0.3) is 5.91 Å². The van der Waals surface area contributed by atoms with Gasteiger partial charge in [-0.15, -0.1) is 0 Å². The van der Waals surface area contributed by atoms with Crippen molar-refractivity contribution in [2.75, 3.05) is 0 Å². The molecule has 0 atom stereocenters. The Labute approximate surface area is 123 Å². The van der Waals surface area contributed by atoms with Crippen LogP contribution in [0.4, 0.5) is 17.6 Å². The average molecular weight is 310 g/mol. The number of nitrogens with zero attached hydrogens (tertiary/aromatic N) is 1. The lowest BCUT2D eigenvalue weighted by molar-refractivity contribution is -0.137. The summed E-state index contributed by atoms with van der Waals surface area (Å²) in [6.07, 6.45) is -3.41. The van der Waals surface area contributed by atoms with Gasteiger partial charge in [0.05, 0.1) is 17.3 Å². The zero-order valence-electron chi connectivity index (χ0n) is 11.1. The molecule has 0 fully saturated rings. The number of nitrogens with one attached hydrogen (secondary N) is 1. The number of hydrogen-bond donors (Lipinski definition) is 1. The molecule has 2 aromatic rings. The highest BCUT2D eigenvalue weighted by molar-refractivity contribution is 5.95. The molecule has 0 saturated heterocycles. The second-order valence-corrected chi connectivity index (χ2v) is 4.30. The Hall–Kier alpha value is -2.70. The lowest BCUT2D eigenvalue weighted by Crippen LogP contribution is -2.19. The summed E-state index contributed by atoms with van der Waals surface area (Å²) in [5.74, 6) is -1.50. The van der Waals surface area contributed by atoms with E-state index in [9.17, 15) is 22.4 Å². The van der Waals surface area contributed by atoms with Crippen LogP contribution in [0.3, 0.4) is 0 Å². The molecule has 1 amide bonds. The number of hydrogen-bond acceptors (Lipinski definition) is 2. The average Bonchev–Trinajstić information content (AvgIpc) is 2.47. The Balaban J connectivity index is 2.07. The van der Waals surface area contributed by atoms with Crippen molar-refractivity contribution in [3.05, 3.63) is 71.0 Å². The second kappa shape index (κ2) is 6.38. The number of rotatable bonds is 3. The van der Waals surface area contributed by atoms with Gasteiger partial charge in [0.15, 0.2) is 0 Å². The van der Waals surface area contributed by atoms with Gasteiger partial charge >= 0.3 is 6.18 Å². The van der Waals surface area contributed by atoms with Crippen molar-refractivity contribution in [2.24, 2.45) is 5.10 Å². The van der Waals surface area contributed by atoms with Crippen LogP contribution < -0.4 is 5.43 Å². The molecule has 0 radical (unpaired) electrons. The molecule has 0 heterocycles. The Bertz CT molecular complexity index is 711. The summed E-state index contributed by atoms with van der Waals surface area (Å²) in [7, 11) is 0. The summed E-state index contributed by atoms with van der Waals surface area (Å²) in [4.78, 5) is 11.6. The first-order chi connectivity index (χ1) is 10.4. The van der Waals surface area contributed by atoms with Gasteiger partial charge < -0.3 is 0 Å². The van der Waals surface area contributed by atoms with Gasteiger partial charge in [-0.25, -0.2) is 9.82 Å². The van der Waals surface area contributed by atoms with Crippen LogP contribution in [0.2, 0.25) is 0 Å². The van der Waals surface area contributed by atoms with Crippen LogP contribution in [-0.4, -0.2) is 12.1 Å². The quantitative estimate of drug-likeness (QED) is 0.525. The minimum Gasteiger partial charge on any atom is -0.267 e. The molecular formula is C15H10F4N2O. The first-order valence-electron chi connectivity index (χ1n) is 6.13. The molecule has 0 saturated carbocycles.